The van der Waals surface area contributed by atoms with Gasteiger partial charge in [-0.05, 0) is 39.7 Å². The number of hydrogen-bond acceptors (Lipinski definition) is 7. The van der Waals surface area contributed by atoms with Gasteiger partial charge >= 0.3 is 0 Å². The van der Waals surface area contributed by atoms with E-state index in [-0.39, 0.29) is 11.9 Å². The molecule has 1 fully saturated rings. The molecule has 0 aromatic carbocycles. The Hall–Kier alpha value is -2.48. The van der Waals surface area contributed by atoms with Gasteiger partial charge in [0.2, 0.25) is 5.91 Å². The zero-order valence-corrected chi connectivity index (χ0v) is 16.1. The number of carbonyl (C=O) groups excluding carboxylic acids is 1. The fourth-order valence-electron chi connectivity index (χ4n) is 3.95. The van der Waals surface area contributed by atoms with Crippen LogP contribution in [0.3, 0.4) is 0 Å². The fourth-order valence-corrected chi connectivity index (χ4v) is 3.95. The number of fused-ring (bicyclic) bond motifs is 1. The normalized spacial score (nSPS) is 19.2. The molecule has 0 spiro atoms. The van der Waals surface area contributed by atoms with E-state index in [4.69, 9.17) is 14.5 Å². The van der Waals surface area contributed by atoms with Crippen LogP contribution in [0.4, 0.5) is 5.82 Å². The van der Waals surface area contributed by atoms with E-state index in [1.807, 2.05) is 25.8 Å². The van der Waals surface area contributed by atoms with Crippen molar-refractivity contribution in [2.45, 2.75) is 52.1 Å². The summed E-state index contributed by atoms with van der Waals surface area (Å²) in [6, 6.07) is 0.204. The van der Waals surface area contributed by atoms with Crippen LogP contribution in [0.2, 0.25) is 0 Å². The molecular weight excluding hydrogens is 344 g/mol. The number of nitrogens with zero attached hydrogens (tertiary/aromatic N) is 4. The molecule has 144 valence electrons. The molecule has 2 aliphatic rings. The Morgan fingerprint density at radius 1 is 1.37 bits per heavy atom. The second-order valence-corrected chi connectivity index (χ2v) is 7.30. The van der Waals surface area contributed by atoms with Crippen LogP contribution >= 0.6 is 0 Å². The van der Waals surface area contributed by atoms with Gasteiger partial charge < -0.3 is 20.1 Å². The number of carbonyl (C=O) groups is 1. The van der Waals surface area contributed by atoms with E-state index in [1.54, 1.807) is 0 Å². The number of aromatic nitrogens is 3. The molecule has 1 saturated heterocycles. The lowest BCUT2D eigenvalue weighted by Crippen LogP contribution is -2.38. The van der Waals surface area contributed by atoms with Crippen molar-refractivity contribution in [2.24, 2.45) is 0 Å². The molecule has 0 unspecified atom stereocenters. The van der Waals surface area contributed by atoms with Crippen molar-refractivity contribution in [1.29, 1.82) is 0 Å². The predicted molar refractivity (Wildman–Crippen MR) is 100 cm³/mol. The summed E-state index contributed by atoms with van der Waals surface area (Å²) in [6.45, 7) is 5.92. The van der Waals surface area contributed by atoms with Gasteiger partial charge in [-0.1, -0.05) is 5.16 Å². The molecular formula is C19H26N6O2. The average molecular weight is 370 g/mol. The molecule has 1 amide bonds. The summed E-state index contributed by atoms with van der Waals surface area (Å²) >= 11 is 0. The topological polar surface area (TPSA) is 96.2 Å². The van der Waals surface area contributed by atoms with Crippen molar-refractivity contribution < 1.29 is 9.32 Å². The quantitative estimate of drug-likeness (QED) is 0.845. The SMILES string of the molecule is CNc1nc([C@@H]2CCCN2)nc2c1CCN(C(=O)Cc1c(C)noc1C)C2. The number of aryl methyl sites for hydroxylation is 2. The van der Waals surface area contributed by atoms with E-state index >= 15 is 0 Å². The summed E-state index contributed by atoms with van der Waals surface area (Å²) < 4.78 is 5.19. The number of anilines is 1. The molecule has 0 bridgehead atoms. The molecule has 0 saturated carbocycles. The molecule has 2 aromatic rings. The first-order chi connectivity index (χ1) is 13.1. The Balaban J connectivity index is 1.56. The maximum Gasteiger partial charge on any atom is 0.227 e. The second-order valence-electron chi connectivity index (χ2n) is 7.30. The average Bonchev–Trinajstić information content (AvgIpc) is 3.32. The van der Waals surface area contributed by atoms with Gasteiger partial charge in [0.25, 0.3) is 0 Å². The van der Waals surface area contributed by atoms with Crippen molar-refractivity contribution in [3.63, 3.8) is 0 Å². The molecule has 0 radical (unpaired) electrons. The van der Waals surface area contributed by atoms with Gasteiger partial charge in [-0.3, -0.25) is 4.79 Å². The Kier molecular flexibility index (Phi) is 4.82. The summed E-state index contributed by atoms with van der Waals surface area (Å²) in [5.74, 6) is 2.52. The van der Waals surface area contributed by atoms with E-state index in [9.17, 15) is 4.79 Å². The van der Waals surface area contributed by atoms with E-state index < -0.39 is 0 Å². The summed E-state index contributed by atoms with van der Waals surface area (Å²) in [5, 5.41) is 10.6. The minimum Gasteiger partial charge on any atom is -0.373 e. The number of amides is 1. The molecule has 8 heteroatoms. The first-order valence-electron chi connectivity index (χ1n) is 9.57. The van der Waals surface area contributed by atoms with Crippen LogP contribution in [0.15, 0.2) is 4.52 Å². The first-order valence-corrected chi connectivity index (χ1v) is 9.57. The van der Waals surface area contributed by atoms with Gasteiger partial charge in [-0.15, -0.1) is 0 Å². The van der Waals surface area contributed by atoms with Crippen molar-refractivity contribution >= 4 is 11.7 Å². The van der Waals surface area contributed by atoms with Crippen LogP contribution in [-0.4, -0.2) is 46.1 Å². The lowest BCUT2D eigenvalue weighted by Gasteiger charge is -2.30. The maximum atomic E-state index is 12.9. The minimum atomic E-state index is 0.0835. The molecule has 8 nitrogen and oxygen atoms in total. The van der Waals surface area contributed by atoms with Gasteiger partial charge in [0.15, 0.2) is 0 Å². The van der Waals surface area contributed by atoms with Crippen LogP contribution in [0.1, 0.15) is 53.0 Å². The van der Waals surface area contributed by atoms with E-state index in [0.717, 1.165) is 60.0 Å². The van der Waals surface area contributed by atoms with E-state index in [0.29, 0.717) is 25.3 Å². The minimum absolute atomic E-state index is 0.0835. The van der Waals surface area contributed by atoms with Crippen LogP contribution in [-0.2, 0) is 24.2 Å². The lowest BCUT2D eigenvalue weighted by atomic mass is 10.0. The number of hydrogen-bond donors (Lipinski definition) is 2. The van der Waals surface area contributed by atoms with E-state index in [1.165, 1.54) is 0 Å². The van der Waals surface area contributed by atoms with Gasteiger partial charge in [0.05, 0.1) is 30.4 Å². The Morgan fingerprint density at radius 2 is 2.22 bits per heavy atom. The zero-order chi connectivity index (χ0) is 19.0. The molecule has 2 aliphatic heterocycles. The van der Waals surface area contributed by atoms with Crippen molar-refractivity contribution in [1.82, 2.24) is 25.3 Å². The van der Waals surface area contributed by atoms with Gasteiger partial charge in [0, 0.05) is 24.7 Å². The third-order valence-electron chi connectivity index (χ3n) is 5.55. The molecule has 1 atom stereocenters. The summed E-state index contributed by atoms with van der Waals surface area (Å²) in [4.78, 5) is 24.3. The predicted octanol–water partition coefficient (Wildman–Crippen LogP) is 1.68. The first kappa shape index (κ1) is 17.9. The van der Waals surface area contributed by atoms with Crippen LogP contribution < -0.4 is 10.6 Å². The highest BCUT2D eigenvalue weighted by molar-refractivity contribution is 5.79. The van der Waals surface area contributed by atoms with E-state index in [2.05, 4.69) is 15.8 Å². The number of nitrogens with one attached hydrogen (secondary N) is 2. The third-order valence-corrected chi connectivity index (χ3v) is 5.55. The van der Waals surface area contributed by atoms with Crippen molar-refractivity contribution in [3.8, 4) is 0 Å². The Labute approximate surface area is 158 Å². The monoisotopic (exact) mass is 370 g/mol. The molecule has 4 heterocycles. The second kappa shape index (κ2) is 7.26. The largest absolute Gasteiger partial charge is 0.373 e. The Bertz CT molecular complexity index is 837. The lowest BCUT2D eigenvalue weighted by molar-refractivity contribution is -0.131. The zero-order valence-electron chi connectivity index (χ0n) is 16.1. The third kappa shape index (κ3) is 3.41. The molecule has 27 heavy (non-hydrogen) atoms. The summed E-state index contributed by atoms with van der Waals surface area (Å²) in [5.41, 5.74) is 3.75. The van der Waals surface area contributed by atoms with Crippen LogP contribution in [0.25, 0.3) is 0 Å². The molecule has 2 N–H and O–H groups in total. The van der Waals surface area contributed by atoms with Gasteiger partial charge in [-0.2, -0.15) is 0 Å². The highest BCUT2D eigenvalue weighted by atomic mass is 16.5. The highest BCUT2D eigenvalue weighted by Crippen LogP contribution is 2.28. The molecule has 0 aliphatic carbocycles. The maximum absolute atomic E-state index is 12.9. The molecule has 2 aromatic heterocycles. The van der Waals surface area contributed by atoms with Crippen LogP contribution in [0.5, 0.6) is 0 Å². The van der Waals surface area contributed by atoms with Crippen molar-refractivity contribution in [2.75, 3.05) is 25.5 Å². The standard InChI is InChI=1S/C19H26N6O2/c1-11-14(12(2)27-24-11)9-17(26)25-8-6-13-16(10-25)22-19(23-18(13)20-3)15-5-4-7-21-15/h15,21H,4-10H2,1-3H3,(H,20,22,23)/t15-/m0/s1. The summed E-state index contributed by atoms with van der Waals surface area (Å²) in [6.07, 6.45) is 3.27. The van der Waals surface area contributed by atoms with Gasteiger partial charge in [0.1, 0.15) is 17.4 Å². The Morgan fingerprint density at radius 3 is 2.89 bits per heavy atom. The van der Waals surface area contributed by atoms with Gasteiger partial charge in [-0.25, -0.2) is 9.97 Å². The number of rotatable bonds is 4. The molecule has 4 rings (SSSR count). The summed E-state index contributed by atoms with van der Waals surface area (Å²) in [7, 11) is 1.89. The smallest absolute Gasteiger partial charge is 0.227 e. The van der Waals surface area contributed by atoms with Crippen molar-refractivity contribution in [3.05, 3.63) is 34.1 Å². The fraction of sp³-hybridized carbons (Fsp3) is 0.579. The highest BCUT2D eigenvalue weighted by Gasteiger charge is 2.28. The van der Waals surface area contributed by atoms with Crippen LogP contribution in [0, 0.1) is 13.8 Å².